The lowest BCUT2D eigenvalue weighted by atomic mass is 9.65. The monoisotopic (exact) mass is 302 g/mol. The zero-order chi connectivity index (χ0) is 15.8. The number of hydrogen-bond donors (Lipinski definition) is 2. The van der Waals surface area contributed by atoms with Crippen molar-refractivity contribution < 1.29 is 38.8 Å². The third kappa shape index (κ3) is 2.28. The molecule has 0 aromatic heterocycles. The molecule has 0 spiro atoms. The van der Waals surface area contributed by atoms with E-state index >= 15 is 0 Å². The van der Waals surface area contributed by atoms with E-state index in [1.807, 2.05) is 0 Å². The van der Waals surface area contributed by atoms with E-state index in [9.17, 15) is 24.6 Å². The van der Waals surface area contributed by atoms with E-state index in [1.54, 1.807) is 6.92 Å². The Morgan fingerprint density at radius 3 is 2.67 bits per heavy atom. The highest BCUT2D eigenvalue weighted by molar-refractivity contribution is 5.93. The predicted octanol–water partition coefficient (Wildman–Crippen LogP) is -1.09. The summed E-state index contributed by atoms with van der Waals surface area (Å²) in [5.41, 5.74) is -3.34. The summed E-state index contributed by atoms with van der Waals surface area (Å²) >= 11 is 0. The van der Waals surface area contributed by atoms with Gasteiger partial charge in [-0.3, -0.25) is 9.59 Å². The highest BCUT2D eigenvalue weighted by atomic mass is 16.6. The van der Waals surface area contributed by atoms with Crippen LogP contribution in [0.2, 0.25) is 0 Å². The molecule has 1 aliphatic carbocycles. The fraction of sp³-hybridized carbons (Fsp3) is 0.769. The molecule has 1 saturated heterocycles. The van der Waals surface area contributed by atoms with Crippen LogP contribution in [0.25, 0.3) is 0 Å². The number of esters is 3. The number of rotatable bonds is 4. The zero-order valence-electron chi connectivity index (χ0n) is 11.8. The number of ether oxygens (including phenoxy) is 3. The predicted molar refractivity (Wildman–Crippen MR) is 65.8 cm³/mol. The summed E-state index contributed by atoms with van der Waals surface area (Å²) in [5, 5.41) is 20.1. The molecule has 2 bridgehead atoms. The second-order valence-electron chi connectivity index (χ2n) is 5.41. The molecule has 21 heavy (non-hydrogen) atoms. The lowest BCUT2D eigenvalue weighted by Gasteiger charge is -2.39. The van der Waals surface area contributed by atoms with Gasteiger partial charge >= 0.3 is 17.9 Å². The van der Waals surface area contributed by atoms with E-state index in [2.05, 4.69) is 4.74 Å². The number of hydrogen-bond acceptors (Lipinski definition) is 8. The number of methoxy groups -OCH3 is 1. The number of carbonyl (C=O) groups excluding carboxylic acids is 3. The quantitative estimate of drug-likeness (QED) is 0.496. The third-order valence-corrected chi connectivity index (χ3v) is 4.09. The van der Waals surface area contributed by atoms with Gasteiger partial charge in [0, 0.05) is 12.8 Å². The van der Waals surface area contributed by atoms with Gasteiger partial charge in [0.1, 0.15) is 5.41 Å². The summed E-state index contributed by atoms with van der Waals surface area (Å²) in [6, 6.07) is 0. The van der Waals surface area contributed by atoms with Crippen LogP contribution in [0.1, 0.15) is 26.2 Å². The SMILES string of the molecule is CCOC(=O)C[C@@]12C[C@@](C(=O)OC)(C[C@@H](O)[C@@H]1O)OC2=O. The van der Waals surface area contributed by atoms with Crippen LogP contribution in [0, 0.1) is 5.41 Å². The molecule has 2 N–H and O–H groups in total. The number of aliphatic hydroxyl groups is 2. The second-order valence-corrected chi connectivity index (χ2v) is 5.41. The van der Waals surface area contributed by atoms with E-state index in [0.717, 1.165) is 7.11 Å². The molecule has 0 aromatic carbocycles. The molecule has 8 heteroatoms. The average Bonchev–Trinajstić information content (AvgIpc) is 2.67. The van der Waals surface area contributed by atoms with Gasteiger partial charge < -0.3 is 24.4 Å². The molecule has 0 aromatic rings. The van der Waals surface area contributed by atoms with E-state index in [0.29, 0.717) is 0 Å². The maximum Gasteiger partial charge on any atom is 0.350 e. The molecule has 1 heterocycles. The van der Waals surface area contributed by atoms with Crippen molar-refractivity contribution in [1.82, 2.24) is 0 Å². The fourth-order valence-electron chi connectivity index (χ4n) is 3.15. The van der Waals surface area contributed by atoms with Crippen molar-refractivity contribution in [3.05, 3.63) is 0 Å². The normalized spacial score (nSPS) is 37.8. The summed E-state index contributed by atoms with van der Waals surface area (Å²) in [7, 11) is 1.13. The molecule has 0 amide bonds. The van der Waals surface area contributed by atoms with Crippen LogP contribution in [0.15, 0.2) is 0 Å². The molecule has 4 atom stereocenters. The Hall–Kier alpha value is -1.67. The number of aliphatic hydroxyl groups excluding tert-OH is 2. The zero-order valence-corrected chi connectivity index (χ0v) is 11.8. The molecule has 0 radical (unpaired) electrons. The summed E-state index contributed by atoms with van der Waals surface area (Å²) in [6.07, 6.45) is -3.83. The van der Waals surface area contributed by atoms with E-state index in [-0.39, 0.29) is 19.4 Å². The molecule has 118 valence electrons. The highest BCUT2D eigenvalue weighted by Crippen LogP contribution is 2.53. The standard InChI is InChI=1S/C13H18O8/c1-3-20-8(15)5-12-6-13(11(18)19-2,21-10(12)17)4-7(14)9(12)16/h7,9,14,16H,3-6H2,1-2H3/t7-,9+,12-,13-/m1/s1. The van der Waals surface area contributed by atoms with Gasteiger partial charge in [-0.25, -0.2) is 4.79 Å². The first kappa shape index (κ1) is 15.7. The Labute approximate surface area is 121 Å². The van der Waals surface area contributed by atoms with Crippen LogP contribution in [0.4, 0.5) is 0 Å². The Bertz CT molecular complexity index is 475. The van der Waals surface area contributed by atoms with Crippen LogP contribution in [-0.2, 0) is 28.6 Å². The molecule has 1 aliphatic heterocycles. The first-order valence-corrected chi connectivity index (χ1v) is 6.65. The Morgan fingerprint density at radius 1 is 1.43 bits per heavy atom. The average molecular weight is 302 g/mol. The molecule has 0 unspecified atom stereocenters. The van der Waals surface area contributed by atoms with Gasteiger partial charge in [0.2, 0.25) is 5.60 Å². The lowest BCUT2D eigenvalue weighted by molar-refractivity contribution is -0.175. The minimum atomic E-state index is -1.68. The minimum Gasteiger partial charge on any atom is -0.466 e. The van der Waals surface area contributed by atoms with Crippen molar-refractivity contribution in [3.63, 3.8) is 0 Å². The summed E-state index contributed by atoms with van der Waals surface area (Å²) in [6.45, 7) is 1.72. The minimum absolute atomic E-state index is 0.116. The van der Waals surface area contributed by atoms with Crippen LogP contribution in [-0.4, -0.2) is 59.6 Å². The van der Waals surface area contributed by atoms with Crippen LogP contribution >= 0.6 is 0 Å². The highest BCUT2D eigenvalue weighted by Gasteiger charge is 2.70. The van der Waals surface area contributed by atoms with Gasteiger partial charge in [-0.2, -0.15) is 0 Å². The molecule has 1 saturated carbocycles. The second kappa shape index (κ2) is 5.27. The molecular formula is C13H18O8. The van der Waals surface area contributed by atoms with E-state index < -0.39 is 47.6 Å². The Kier molecular flexibility index (Phi) is 3.94. The molecule has 2 aliphatic rings. The first-order chi connectivity index (χ1) is 9.81. The third-order valence-electron chi connectivity index (χ3n) is 4.09. The summed E-state index contributed by atoms with van der Waals surface area (Å²) < 4.78 is 14.5. The largest absolute Gasteiger partial charge is 0.466 e. The van der Waals surface area contributed by atoms with Gasteiger partial charge in [0.05, 0.1) is 32.3 Å². The van der Waals surface area contributed by atoms with Crippen molar-refractivity contribution in [2.75, 3.05) is 13.7 Å². The van der Waals surface area contributed by atoms with Crippen LogP contribution < -0.4 is 0 Å². The number of fused-ring (bicyclic) bond motifs is 2. The topological polar surface area (TPSA) is 119 Å². The molecule has 2 rings (SSSR count). The van der Waals surface area contributed by atoms with Crippen molar-refractivity contribution in [2.24, 2.45) is 5.41 Å². The van der Waals surface area contributed by atoms with Crippen molar-refractivity contribution in [3.8, 4) is 0 Å². The molecule has 2 fully saturated rings. The van der Waals surface area contributed by atoms with Gasteiger partial charge in [0.25, 0.3) is 0 Å². The van der Waals surface area contributed by atoms with Crippen molar-refractivity contribution in [1.29, 1.82) is 0 Å². The van der Waals surface area contributed by atoms with Gasteiger partial charge in [-0.1, -0.05) is 0 Å². The first-order valence-electron chi connectivity index (χ1n) is 6.65. The van der Waals surface area contributed by atoms with Crippen LogP contribution in [0.3, 0.4) is 0 Å². The Balaban J connectivity index is 2.36. The van der Waals surface area contributed by atoms with Gasteiger partial charge in [0.15, 0.2) is 0 Å². The molecular weight excluding hydrogens is 284 g/mol. The van der Waals surface area contributed by atoms with E-state index in [4.69, 9.17) is 9.47 Å². The fourth-order valence-corrected chi connectivity index (χ4v) is 3.15. The lowest BCUT2D eigenvalue weighted by Crippen LogP contribution is -2.55. The van der Waals surface area contributed by atoms with Gasteiger partial charge in [-0.15, -0.1) is 0 Å². The van der Waals surface area contributed by atoms with E-state index in [1.165, 1.54) is 0 Å². The Morgan fingerprint density at radius 2 is 2.10 bits per heavy atom. The summed E-state index contributed by atoms with van der Waals surface area (Å²) in [5.74, 6) is -2.42. The molecule has 8 nitrogen and oxygen atoms in total. The van der Waals surface area contributed by atoms with Crippen molar-refractivity contribution >= 4 is 17.9 Å². The maximum absolute atomic E-state index is 12.2. The van der Waals surface area contributed by atoms with Crippen molar-refractivity contribution in [2.45, 2.75) is 44.0 Å². The van der Waals surface area contributed by atoms with Crippen LogP contribution in [0.5, 0.6) is 0 Å². The maximum atomic E-state index is 12.2. The number of carbonyl (C=O) groups is 3. The smallest absolute Gasteiger partial charge is 0.350 e. The summed E-state index contributed by atoms with van der Waals surface area (Å²) in [4.78, 5) is 35.8. The van der Waals surface area contributed by atoms with Gasteiger partial charge in [-0.05, 0) is 6.92 Å².